The molecule has 2 unspecified atom stereocenters. The maximum Gasteiger partial charge on any atom is 0.529 e. The molecule has 0 aliphatic carbocycles. The molecule has 0 aromatic carbocycles. The van der Waals surface area contributed by atoms with Gasteiger partial charge in [-0.1, -0.05) is 23.2 Å². The van der Waals surface area contributed by atoms with Crippen molar-refractivity contribution in [1.82, 2.24) is 0 Å². The molecule has 4 nitrogen and oxygen atoms in total. The first-order valence-corrected chi connectivity index (χ1v) is 7.41. The predicted molar refractivity (Wildman–Crippen MR) is 66.4 cm³/mol. The van der Waals surface area contributed by atoms with Gasteiger partial charge in [-0.15, -0.1) is 23.2 Å². The van der Waals surface area contributed by atoms with Gasteiger partial charge in [0.05, 0.1) is 18.6 Å². The molecule has 0 saturated heterocycles. The third-order valence-corrected chi connectivity index (χ3v) is 3.53. The van der Waals surface area contributed by atoms with E-state index in [1.165, 1.54) is 0 Å². The van der Waals surface area contributed by atoms with E-state index in [1.54, 1.807) is 6.92 Å². The highest BCUT2D eigenvalue weighted by molar-refractivity contribution is 7.48. The van der Waals surface area contributed by atoms with Crippen molar-refractivity contribution in [1.29, 1.82) is 0 Å². The van der Waals surface area contributed by atoms with Crippen LogP contribution >= 0.6 is 54.2 Å². The van der Waals surface area contributed by atoms with Crippen molar-refractivity contribution in [3.63, 3.8) is 0 Å². The van der Waals surface area contributed by atoms with Gasteiger partial charge in [0.15, 0.2) is 0 Å². The second-order valence-electron chi connectivity index (χ2n) is 2.43. The molecule has 0 aliphatic rings. The Labute approximate surface area is 114 Å². The Hall–Kier alpha value is 0.850. The van der Waals surface area contributed by atoms with Crippen LogP contribution in [0.3, 0.4) is 0 Å². The lowest BCUT2D eigenvalue weighted by molar-refractivity contribution is 0.149. The molecule has 0 N–H and O–H groups in total. The molecule has 0 amide bonds. The minimum atomic E-state index is -3.73. The number of rotatable bonds is 8. The zero-order valence-electron chi connectivity index (χ0n) is 8.37. The van der Waals surface area contributed by atoms with Crippen LogP contribution in [0.5, 0.6) is 0 Å². The molecule has 0 bridgehead atoms. The van der Waals surface area contributed by atoms with Gasteiger partial charge >= 0.3 is 7.82 Å². The van der Waals surface area contributed by atoms with Crippen LogP contribution in [0.25, 0.3) is 0 Å². The molecular formula is C7H11Cl4O4P. The summed E-state index contributed by atoms with van der Waals surface area (Å²) in [5.41, 5.74) is 0. The summed E-state index contributed by atoms with van der Waals surface area (Å²) in [6.45, 7) is 1.69. The average Bonchev–Trinajstić information content (AvgIpc) is 2.24. The van der Waals surface area contributed by atoms with Gasteiger partial charge in [0, 0.05) is 5.88 Å². The molecule has 0 fully saturated rings. The van der Waals surface area contributed by atoms with Crippen LogP contribution in [0.2, 0.25) is 0 Å². The standard InChI is InChI=1S/C7H11Cl4O4P/c1-2-13-16(12,15-5-7(10)11)14-4-6(9)3-8/h5-6H,2-4H2,1H3. The fraction of sp³-hybridized carbons (Fsp3) is 0.714. The van der Waals surface area contributed by atoms with Gasteiger partial charge in [0.1, 0.15) is 10.8 Å². The van der Waals surface area contributed by atoms with E-state index in [-0.39, 0.29) is 23.6 Å². The quantitative estimate of drug-likeness (QED) is 0.378. The van der Waals surface area contributed by atoms with Gasteiger partial charge in [0.25, 0.3) is 0 Å². The molecular weight excluding hydrogens is 321 g/mol. The second kappa shape index (κ2) is 8.87. The lowest BCUT2D eigenvalue weighted by Crippen LogP contribution is -2.10. The number of halogens is 4. The first kappa shape index (κ1) is 16.9. The Morgan fingerprint density at radius 1 is 1.44 bits per heavy atom. The van der Waals surface area contributed by atoms with Gasteiger partial charge in [0.2, 0.25) is 0 Å². The Bertz CT molecular complexity index is 269. The van der Waals surface area contributed by atoms with Crippen molar-refractivity contribution < 1.29 is 18.1 Å². The predicted octanol–water partition coefficient (Wildman–Crippen LogP) is 4.29. The number of phosphoric ester groups is 1. The van der Waals surface area contributed by atoms with Crippen molar-refractivity contribution in [2.75, 3.05) is 19.1 Å². The van der Waals surface area contributed by atoms with Crippen molar-refractivity contribution in [3.8, 4) is 0 Å². The third kappa shape index (κ3) is 8.02. The van der Waals surface area contributed by atoms with Crippen LogP contribution in [-0.4, -0.2) is 24.5 Å². The van der Waals surface area contributed by atoms with Gasteiger partial charge in [-0.05, 0) is 6.92 Å². The van der Waals surface area contributed by atoms with E-state index < -0.39 is 13.2 Å². The SMILES string of the molecule is CCOP(=O)(OC=C(Cl)Cl)OCC(Cl)CCl. The largest absolute Gasteiger partial charge is 0.529 e. The van der Waals surface area contributed by atoms with E-state index in [4.69, 9.17) is 60.0 Å². The topological polar surface area (TPSA) is 44.8 Å². The molecule has 0 aliphatic heterocycles. The van der Waals surface area contributed by atoms with E-state index in [0.717, 1.165) is 6.26 Å². The highest BCUT2D eigenvalue weighted by Gasteiger charge is 2.27. The van der Waals surface area contributed by atoms with Crippen molar-refractivity contribution in [2.24, 2.45) is 0 Å². The molecule has 96 valence electrons. The lowest BCUT2D eigenvalue weighted by Gasteiger charge is -2.16. The summed E-state index contributed by atoms with van der Waals surface area (Å²) in [6.07, 6.45) is 0.865. The molecule has 0 heterocycles. The fourth-order valence-corrected chi connectivity index (χ4v) is 2.14. The second-order valence-corrected chi connectivity index (χ2v) is 5.98. The summed E-state index contributed by atoms with van der Waals surface area (Å²) in [5, 5.41) is -0.491. The van der Waals surface area contributed by atoms with Crippen LogP contribution in [-0.2, 0) is 18.1 Å². The molecule has 0 saturated carbocycles. The van der Waals surface area contributed by atoms with Crippen LogP contribution in [0.1, 0.15) is 6.92 Å². The van der Waals surface area contributed by atoms with Gasteiger partial charge in [-0.3, -0.25) is 9.05 Å². The van der Waals surface area contributed by atoms with Crippen LogP contribution < -0.4 is 0 Å². The normalized spacial score (nSPS) is 16.3. The molecule has 0 rings (SSSR count). The van der Waals surface area contributed by atoms with Crippen LogP contribution in [0.15, 0.2) is 10.8 Å². The van der Waals surface area contributed by atoms with Gasteiger partial charge < -0.3 is 4.52 Å². The lowest BCUT2D eigenvalue weighted by atomic mass is 10.5. The summed E-state index contributed by atoms with van der Waals surface area (Å²) >= 11 is 21.7. The molecule has 0 aromatic rings. The zero-order valence-corrected chi connectivity index (χ0v) is 12.3. The number of hydrogen-bond donors (Lipinski definition) is 0. The Kier molecular flexibility index (Phi) is 9.34. The van der Waals surface area contributed by atoms with Gasteiger partial charge in [-0.25, -0.2) is 4.57 Å². The number of hydrogen-bond acceptors (Lipinski definition) is 4. The minimum Gasteiger partial charge on any atom is -0.409 e. The smallest absolute Gasteiger partial charge is 0.409 e. The fourth-order valence-electron chi connectivity index (χ4n) is 0.577. The van der Waals surface area contributed by atoms with Crippen molar-refractivity contribution >= 4 is 54.2 Å². The maximum atomic E-state index is 11.8. The van der Waals surface area contributed by atoms with E-state index in [0.29, 0.717) is 0 Å². The van der Waals surface area contributed by atoms with Crippen molar-refractivity contribution in [2.45, 2.75) is 12.3 Å². The van der Waals surface area contributed by atoms with E-state index in [9.17, 15) is 4.57 Å². The molecule has 0 radical (unpaired) electrons. The zero-order chi connectivity index (χ0) is 12.6. The van der Waals surface area contributed by atoms with E-state index in [2.05, 4.69) is 0 Å². The Morgan fingerprint density at radius 2 is 2.06 bits per heavy atom. The monoisotopic (exact) mass is 330 g/mol. The molecule has 0 spiro atoms. The summed E-state index contributed by atoms with van der Waals surface area (Å²) in [7, 11) is -3.73. The minimum absolute atomic E-state index is 0.0733. The molecule has 9 heteroatoms. The first-order chi connectivity index (χ1) is 7.43. The highest BCUT2D eigenvalue weighted by atomic mass is 35.5. The maximum absolute atomic E-state index is 11.8. The average molecular weight is 332 g/mol. The summed E-state index contributed by atoms with van der Waals surface area (Å²) < 4.78 is 26.0. The van der Waals surface area contributed by atoms with Crippen LogP contribution in [0.4, 0.5) is 0 Å². The molecule has 2 atom stereocenters. The van der Waals surface area contributed by atoms with E-state index in [1.807, 2.05) is 0 Å². The summed E-state index contributed by atoms with van der Waals surface area (Å²) in [5.74, 6) is 0.153. The van der Waals surface area contributed by atoms with Gasteiger partial charge in [-0.2, -0.15) is 0 Å². The summed E-state index contributed by atoms with van der Waals surface area (Å²) in [6, 6.07) is 0. The van der Waals surface area contributed by atoms with Crippen molar-refractivity contribution in [3.05, 3.63) is 10.8 Å². The number of phosphoric acid groups is 1. The molecule has 0 aromatic heterocycles. The highest BCUT2D eigenvalue weighted by Crippen LogP contribution is 2.50. The Morgan fingerprint density at radius 3 is 2.50 bits per heavy atom. The summed E-state index contributed by atoms with van der Waals surface area (Å²) in [4.78, 5) is 0. The Balaban J connectivity index is 4.33. The third-order valence-electron chi connectivity index (χ3n) is 1.14. The first-order valence-electron chi connectivity index (χ1n) is 4.22. The molecule has 16 heavy (non-hydrogen) atoms. The number of alkyl halides is 2. The van der Waals surface area contributed by atoms with Crippen LogP contribution in [0, 0.1) is 0 Å². The van der Waals surface area contributed by atoms with E-state index >= 15 is 0 Å².